The first-order valence-corrected chi connectivity index (χ1v) is 13.5. The van der Waals surface area contributed by atoms with Gasteiger partial charge in [0.1, 0.15) is 16.7 Å². The molecule has 0 radical (unpaired) electrons. The average Bonchev–Trinajstić information content (AvgIpc) is 3.66. The van der Waals surface area contributed by atoms with Crippen molar-refractivity contribution in [2.75, 3.05) is 13.1 Å². The van der Waals surface area contributed by atoms with Crippen molar-refractivity contribution < 1.29 is 0 Å². The lowest BCUT2D eigenvalue weighted by atomic mass is 10.1. The quantitative estimate of drug-likeness (QED) is 0.298. The van der Waals surface area contributed by atoms with Gasteiger partial charge >= 0.3 is 0 Å². The summed E-state index contributed by atoms with van der Waals surface area (Å²) in [6.07, 6.45) is 9.56. The Morgan fingerprint density at radius 2 is 1.81 bits per heavy atom. The molecule has 8 nitrogen and oxygen atoms in total. The molecule has 1 saturated heterocycles. The van der Waals surface area contributed by atoms with Gasteiger partial charge in [-0.2, -0.15) is 5.10 Å². The van der Waals surface area contributed by atoms with E-state index in [2.05, 4.69) is 55.2 Å². The molecule has 7 heterocycles. The number of aryl methyl sites for hydroxylation is 1. The lowest BCUT2D eigenvalue weighted by Crippen LogP contribution is -2.29. The molecule has 184 valence electrons. The van der Waals surface area contributed by atoms with Crippen LogP contribution in [-0.2, 0) is 6.54 Å². The standard InChI is InChI=1S/C28H26N8S/c1-17-5-8-23(37-17)26-24-21(9-10-30-26)32-28(33-24)27-25-22(34-35-27)7-6-20(31-25)19-13-18(14-29-15-19)16-36-11-3-2-4-12-36/h5-10,13-15H,2-4,11-12,16H2,1H3,(H,32,33)(H,34,35). The van der Waals surface area contributed by atoms with Crippen LogP contribution in [0.2, 0.25) is 0 Å². The van der Waals surface area contributed by atoms with Crippen LogP contribution in [-0.4, -0.2) is 53.1 Å². The molecule has 0 amide bonds. The van der Waals surface area contributed by atoms with Crippen molar-refractivity contribution in [2.24, 2.45) is 0 Å². The Balaban J connectivity index is 1.26. The van der Waals surface area contributed by atoms with Gasteiger partial charge in [-0.05, 0) is 74.8 Å². The molecule has 0 unspecified atom stereocenters. The summed E-state index contributed by atoms with van der Waals surface area (Å²) in [5.74, 6) is 0.672. The van der Waals surface area contributed by atoms with Gasteiger partial charge in [0, 0.05) is 35.6 Å². The van der Waals surface area contributed by atoms with Crippen molar-refractivity contribution >= 4 is 33.4 Å². The molecule has 37 heavy (non-hydrogen) atoms. The number of aromatic amines is 2. The average molecular weight is 507 g/mol. The van der Waals surface area contributed by atoms with Gasteiger partial charge in [0.15, 0.2) is 11.5 Å². The molecule has 6 aromatic rings. The largest absolute Gasteiger partial charge is 0.336 e. The van der Waals surface area contributed by atoms with Gasteiger partial charge in [0.25, 0.3) is 0 Å². The first-order valence-electron chi connectivity index (χ1n) is 12.6. The number of piperidine rings is 1. The van der Waals surface area contributed by atoms with Crippen LogP contribution < -0.4 is 0 Å². The zero-order chi connectivity index (χ0) is 24.8. The number of imidazole rings is 1. The molecule has 0 spiro atoms. The maximum atomic E-state index is 5.00. The van der Waals surface area contributed by atoms with Gasteiger partial charge in [-0.25, -0.2) is 9.97 Å². The van der Waals surface area contributed by atoms with Crippen LogP contribution in [0.5, 0.6) is 0 Å². The van der Waals surface area contributed by atoms with Crippen LogP contribution in [0.4, 0.5) is 0 Å². The fourth-order valence-corrected chi connectivity index (χ4v) is 5.97. The van der Waals surface area contributed by atoms with E-state index in [4.69, 9.17) is 9.97 Å². The first-order chi connectivity index (χ1) is 18.2. The second-order valence-corrected chi connectivity index (χ2v) is 10.9. The molecule has 6 aromatic heterocycles. The Hall–Kier alpha value is -3.95. The summed E-state index contributed by atoms with van der Waals surface area (Å²) < 4.78 is 0. The zero-order valence-corrected chi connectivity index (χ0v) is 21.3. The van der Waals surface area contributed by atoms with E-state index in [-0.39, 0.29) is 0 Å². The normalized spacial score (nSPS) is 14.6. The molecular weight excluding hydrogens is 480 g/mol. The summed E-state index contributed by atoms with van der Waals surface area (Å²) in [4.78, 5) is 27.4. The summed E-state index contributed by atoms with van der Waals surface area (Å²) in [6.45, 7) is 5.35. The summed E-state index contributed by atoms with van der Waals surface area (Å²) in [5.41, 5.74) is 8.07. The minimum Gasteiger partial charge on any atom is -0.336 e. The highest BCUT2D eigenvalue weighted by Gasteiger charge is 2.18. The van der Waals surface area contributed by atoms with Gasteiger partial charge in [-0.3, -0.25) is 20.0 Å². The molecular formula is C28H26N8S. The van der Waals surface area contributed by atoms with Crippen LogP contribution in [0.25, 0.3) is 55.4 Å². The monoisotopic (exact) mass is 506 g/mol. The van der Waals surface area contributed by atoms with Crippen LogP contribution >= 0.6 is 11.3 Å². The topological polar surface area (TPSA) is 99.3 Å². The molecule has 0 bridgehead atoms. The minimum absolute atomic E-state index is 0.672. The Bertz CT molecular complexity index is 1720. The van der Waals surface area contributed by atoms with Gasteiger partial charge in [0.05, 0.1) is 21.6 Å². The third kappa shape index (κ3) is 4.20. The maximum absolute atomic E-state index is 5.00. The molecule has 1 aliphatic heterocycles. The number of H-pyrrole nitrogens is 2. The number of hydrogen-bond acceptors (Lipinski definition) is 7. The van der Waals surface area contributed by atoms with Crippen molar-refractivity contribution in [3.05, 3.63) is 65.4 Å². The third-order valence-electron chi connectivity index (χ3n) is 6.95. The number of rotatable bonds is 5. The maximum Gasteiger partial charge on any atom is 0.161 e. The van der Waals surface area contributed by atoms with Gasteiger partial charge in [-0.1, -0.05) is 6.42 Å². The molecule has 0 atom stereocenters. The number of nitrogens with zero attached hydrogens (tertiary/aromatic N) is 6. The van der Waals surface area contributed by atoms with Gasteiger partial charge in [-0.15, -0.1) is 11.3 Å². The molecule has 0 aliphatic carbocycles. The highest BCUT2D eigenvalue weighted by atomic mass is 32.1. The highest BCUT2D eigenvalue weighted by molar-refractivity contribution is 7.15. The number of thiophene rings is 1. The van der Waals surface area contributed by atoms with Crippen LogP contribution in [0.3, 0.4) is 0 Å². The summed E-state index contributed by atoms with van der Waals surface area (Å²) in [6, 6.07) is 12.4. The van der Waals surface area contributed by atoms with E-state index in [0.717, 1.165) is 63.5 Å². The first kappa shape index (κ1) is 22.3. The van der Waals surface area contributed by atoms with E-state index in [1.165, 1.54) is 29.7 Å². The van der Waals surface area contributed by atoms with Crippen molar-refractivity contribution in [3.8, 4) is 33.3 Å². The molecule has 9 heteroatoms. The van der Waals surface area contributed by atoms with Gasteiger partial charge in [0.2, 0.25) is 0 Å². The van der Waals surface area contributed by atoms with E-state index in [1.807, 2.05) is 36.8 Å². The number of fused-ring (bicyclic) bond motifs is 2. The van der Waals surface area contributed by atoms with E-state index < -0.39 is 0 Å². The SMILES string of the molecule is Cc1ccc(-c2nccc3[nH]c(-c4n[nH]c5ccc(-c6cncc(CN7CCCCC7)c6)nc45)nc23)s1. The molecule has 1 fully saturated rings. The van der Waals surface area contributed by atoms with Crippen molar-refractivity contribution in [1.82, 2.24) is 40.0 Å². The van der Waals surface area contributed by atoms with Gasteiger partial charge < -0.3 is 4.98 Å². The fraction of sp³-hybridized carbons (Fsp3) is 0.250. The molecule has 0 saturated carbocycles. The molecule has 7 rings (SSSR count). The second kappa shape index (κ2) is 9.17. The molecule has 2 N–H and O–H groups in total. The van der Waals surface area contributed by atoms with Crippen LogP contribution in [0, 0.1) is 6.92 Å². The van der Waals surface area contributed by atoms with E-state index in [0.29, 0.717) is 11.5 Å². The number of aromatic nitrogens is 7. The van der Waals surface area contributed by atoms with Crippen molar-refractivity contribution in [1.29, 1.82) is 0 Å². The Kier molecular flexibility index (Phi) is 5.52. The predicted molar refractivity (Wildman–Crippen MR) is 147 cm³/mol. The Morgan fingerprint density at radius 3 is 2.68 bits per heavy atom. The van der Waals surface area contributed by atoms with Crippen LogP contribution in [0.1, 0.15) is 29.7 Å². The summed E-state index contributed by atoms with van der Waals surface area (Å²) >= 11 is 1.72. The van der Waals surface area contributed by atoms with Crippen LogP contribution in [0.15, 0.2) is 55.0 Å². The lowest BCUT2D eigenvalue weighted by molar-refractivity contribution is 0.220. The van der Waals surface area contributed by atoms with Crippen molar-refractivity contribution in [3.63, 3.8) is 0 Å². The number of nitrogens with one attached hydrogen (secondary N) is 2. The Labute approximate surface area is 217 Å². The third-order valence-corrected chi connectivity index (χ3v) is 7.96. The second-order valence-electron chi connectivity index (χ2n) is 9.63. The fourth-order valence-electron chi connectivity index (χ4n) is 5.10. The zero-order valence-electron chi connectivity index (χ0n) is 20.5. The van der Waals surface area contributed by atoms with E-state index >= 15 is 0 Å². The van der Waals surface area contributed by atoms with E-state index in [9.17, 15) is 0 Å². The number of likely N-dealkylation sites (tertiary alicyclic amines) is 1. The highest BCUT2D eigenvalue weighted by Crippen LogP contribution is 2.33. The molecule has 1 aliphatic rings. The predicted octanol–water partition coefficient (Wildman–Crippen LogP) is 5.98. The summed E-state index contributed by atoms with van der Waals surface area (Å²) in [5, 5.41) is 7.69. The summed E-state index contributed by atoms with van der Waals surface area (Å²) in [7, 11) is 0. The number of hydrogen-bond donors (Lipinski definition) is 2. The minimum atomic E-state index is 0.672. The lowest BCUT2D eigenvalue weighted by Gasteiger charge is -2.26. The Morgan fingerprint density at radius 1 is 0.919 bits per heavy atom. The molecule has 0 aromatic carbocycles. The van der Waals surface area contributed by atoms with E-state index in [1.54, 1.807) is 11.3 Å². The number of pyridine rings is 3. The smallest absolute Gasteiger partial charge is 0.161 e. The van der Waals surface area contributed by atoms with Crippen molar-refractivity contribution in [2.45, 2.75) is 32.7 Å².